The Hall–Kier alpha value is -1.17. The Morgan fingerprint density at radius 3 is 2.48 bits per heavy atom. The molecule has 0 radical (unpaired) electrons. The molecule has 21 heavy (non-hydrogen) atoms. The van der Waals surface area contributed by atoms with E-state index in [4.69, 9.17) is 9.97 Å². The van der Waals surface area contributed by atoms with Gasteiger partial charge in [-0.2, -0.15) is 0 Å². The minimum Gasteiger partial charge on any atom is -0.369 e. The van der Waals surface area contributed by atoms with Gasteiger partial charge in [-0.15, -0.1) is 0 Å². The number of halogens is 1. The lowest BCUT2D eigenvalue weighted by Crippen LogP contribution is -2.10. The van der Waals surface area contributed by atoms with Gasteiger partial charge in [-0.05, 0) is 34.9 Å². The molecule has 0 amide bonds. The molecule has 112 valence electrons. The second-order valence-corrected chi connectivity index (χ2v) is 6.62. The molecule has 0 atom stereocenters. The van der Waals surface area contributed by atoms with Gasteiger partial charge in [0, 0.05) is 18.5 Å². The van der Waals surface area contributed by atoms with Crippen LogP contribution in [0.1, 0.15) is 33.0 Å². The van der Waals surface area contributed by atoms with Crippen molar-refractivity contribution in [2.75, 3.05) is 11.9 Å². The average Bonchev–Trinajstić information content (AvgIpc) is 2.48. The first-order valence-corrected chi connectivity index (χ1v) is 8.55. The van der Waals surface area contributed by atoms with Crippen molar-refractivity contribution in [1.29, 1.82) is 0 Å². The highest BCUT2D eigenvalue weighted by molar-refractivity contribution is 14.1. The van der Waals surface area contributed by atoms with Gasteiger partial charge < -0.3 is 5.32 Å². The van der Waals surface area contributed by atoms with E-state index in [0.29, 0.717) is 5.92 Å². The van der Waals surface area contributed by atoms with Gasteiger partial charge in [-0.3, -0.25) is 0 Å². The number of hydrogen-bond donors (Lipinski definition) is 1. The topological polar surface area (TPSA) is 37.8 Å². The van der Waals surface area contributed by atoms with Crippen LogP contribution in [0.25, 0.3) is 11.3 Å². The maximum absolute atomic E-state index is 4.79. The summed E-state index contributed by atoms with van der Waals surface area (Å²) in [5.41, 5.74) is 2.18. The smallest absolute Gasteiger partial charge is 0.143 e. The van der Waals surface area contributed by atoms with E-state index in [0.717, 1.165) is 45.9 Å². The van der Waals surface area contributed by atoms with Gasteiger partial charge in [0.05, 0.1) is 9.26 Å². The summed E-state index contributed by atoms with van der Waals surface area (Å²) in [5.74, 6) is 2.43. The Labute approximate surface area is 140 Å². The summed E-state index contributed by atoms with van der Waals surface area (Å²) < 4.78 is 1.10. The average molecular weight is 395 g/mol. The molecule has 1 aromatic heterocycles. The first kappa shape index (κ1) is 16.2. The lowest BCUT2D eigenvalue weighted by atomic mass is 10.1. The van der Waals surface area contributed by atoms with Gasteiger partial charge >= 0.3 is 0 Å². The Morgan fingerprint density at radius 2 is 1.86 bits per heavy atom. The second-order valence-electron chi connectivity index (χ2n) is 5.54. The van der Waals surface area contributed by atoms with E-state index in [1.165, 1.54) is 0 Å². The van der Waals surface area contributed by atoms with Crippen LogP contribution in [-0.2, 0) is 6.42 Å². The van der Waals surface area contributed by atoms with Crippen LogP contribution in [0.5, 0.6) is 0 Å². The summed E-state index contributed by atoms with van der Waals surface area (Å²) in [4.78, 5) is 9.50. The van der Waals surface area contributed by atoms with Crippen LogP contribution in [0.3, 0.4) is 0 Å². The van der Waals surface area contributed by atoms with Crippen LogP contribution < -0.4 is 5.32 Å². The van der Waals surface area contributed by atoms with Crippen molar-refractivity contribution in [3.05, 3.63) is 39.7 Å². The van der Waals surface area contributed by atoms with Crippen molar-refractivity contribution in [2.24, 2.45) is 5.92 Å². The molecule has 0 aliphatic heterocycles. The summed E-state index contributed by atoms with van der Waals surface area (Å²) >= 11 is 2.35. The van der Waals surface area contributed by atoms with Crippen LogP contribution >= 0.6 is 22.6 Å². The fourth-order valence-electron chi connectivity index (χ4n) is 2.10. The first-order valence-electron chi connectivity index (χ1n) is 7.47. The molecule has 2 rings (SSSR count). The van der Waals surface area contributed by atoms with E-state index in [1.807, 2.05) is 6.07 Å². The lowest BCUT2D eigenvalue weighted by Gasteiger charge is -2.14. The molecule has 3 nitrogen and oxygen atoms in total. The Bertz CT molecular complexity index is 582. The maximum Gasteiger partial charge on any atom is 0.143 e. The van der Waals surface area contributed by atoms with Crippen molar-refractivity contribution in [3.63, 3.8) is 0 Å². The minimum atomic E-state index is 0.549. The Balaban J connectivity index is 2.46. The number of aromatic nitrogens is 2. The Morgan fingerprint density at radius 1 is 1.14 bits per heavy atom. The van der Waals surface area contributed by atoms with Gasteiger partial charge in [0.15, 0.2) is 0 Å². The van der Waals surface area contributed by atoms with E-state index in [-0.39, 0.29) is 0 Å². The zero-order valence-electron chi connectivity index (χ0n) is 12.9. The number of hydrogen-bond acceptors (Lipinski definition) is 3. The Kier molecular flexibility index (Phi) is 5.96. The van der Waals surface area contributed by atoms with Gasteiger partial charge in [-0.25, -0.2) is 9.97 Å². The zero-order chi connectivity index (χ0) is 15.2. The highest BCUT2D eigenvalue weighted by Crippen LogP contribution is 2.28. The SMILES string of the molecule is CCCNc1nc(CC(C)C)nc(-c2ccccc2)c1I. The molecule has 1 heterocycles. The van der Waals surface area contributed by atoms with Gasteiger partial charge in [-0.1, -0.05) is 51.1 Å². The number of benzene rings is 1. The molecule has 0 unspecified atom stereocenters. The van der Waals surface area contributed by atoms with Gasteiger partial charge in [0.25, 0.3) is 0 Å². The maximum atomic E-state index is 4.79. The number of nitrogens with zero attached hydrogens (tertiary/aromatic N) is 2. The zero-order valence-corrected chi connectivity index (χ0v) is 15.0. The van der Waals surface area contributed by atoms with Crippen LogP contribution in [0.4, 0.5) is 5.82 Å². The molecule has 4 heteroatoms. The third-order valence-electron chi connectivity index (χ3n) is 3.08. The van der Waals surface area contributed by atoms with Crippen LogP contribution in [0.15, 0.2) is 30.3 Å². The van der Waals surface area contributed by atoms with Crippen molar-refractivity contribution >= 4 is 28.4 Å². The fraction of sp³-hybridized carbons (Fsp3) is 0.412. The van der Waals surface area contributed by atoms with Crippen LogP contribution in [-0.4, -0.2) is 16.5 Å². The van der Waals surface area contributed by atoms with E-state index in [2.05, 4.69) is 72.9 Å². The number of rotatable bonds is 6. The third-order valence-corrected chi connectivity index (χ3v) is 4.10. The molecule has 0 aliphatic rings. The molecule has 0 spiro atoms. The molecule has 1 aromatic carbocycles. The summed E-state index contributed by atoms with van der Waals surface area (Å²) in [6, 6.07) is 10.3. The van der Waals surface area contributed by atoms with E-state index in [9.17, 15) is 0 Å². The monoisotopic (exact) mass is 395 g/mol. The summed E-state index contributed by atoms with van der Waals surface area (Å²) in [7, 11) is 0. The summed E-state index contributed by atoms with van der Waals surface area (Å²) in [6.45, 7) is 7.49. The lowest BCUT2D eigenvalue weighted by molar-refractivity contribution is 0.621. The van der Waals surface area contributed by atoms with E-state index < -0.39 is 0 Å². The third kappa shape index (κ3) is 4.40. The van der Waals surface area contributed by atoms with Gasteiger partial charge in [0.2, 0.25) is 0 Å². The summed E-state index contributed by atoms with van der Waals surface area (Å²) in [5, 5.41) is 3.43. The standard InChI is InChI=1S/C17H22IN3/c1-4-10-19-17-15(18)16(13-8-6-5-7-9-13)20-14(21-17)11-12(2)3/h5-9,12H,4,10-11H2,1-3H3,(H,19,20,21). The van der Waals surface area contributed by atoms with Gasteiger partial charge in [0.1, 0.15) is 11.6 Å². The summed E-state index contributed by atoms with van der Waals surface area (Å²) in [6.07, 6.45) is 1.98. The van der Waals surface area contributed by atoms with Crippen LogP contribution in [0.2, 0.25) is 0 Å². The molecular weight excluding hydrogens is 373 g/mol. The fourth-order valence-corrected chi connectivity index (χ4v) is 2.84. The number of anilines is 1. The molecular formula is C17H22IN3. The molecule has 0 saturated carbocycles. The second kappa shape index (κ2) is 7.73. The van der Waals surface area contributed by atoms with Crippen molar-refractivity contribution < 1.29 is 0 Å². The quantitative estimate of drug-likeness (QED) is 0.717. The molecule has 0 fully saturated rings. The highest BCUT2D eigenvalue weighted by Gasteiger charge is 2.14. The van der Waals surface area contributed by atoms with Crippen molar-refractivity contribution in [2.45, 2.75) is 33.6 Å². The predicted octanol–water partition coefficient (Wildman–Crippen LogP) is 4.77. The normalized spacial score (nSPS) is 10.9. The molecule has 0 bridgehead atoms. The predicted molar refractivity (Wildman–Crippen MR) is 97.5 cm³/mol. The largest absolute Gasteiger partial charge is 0.369 e. The van der Waals surface area contributed by atoms with E-state index >= 15 is 0 Å². The van der Waals surface area contributed by atoms with Crippen molar-refractivity contribution in [1.82, 2.24) is 9.97 Å². The van der Waals surface area contributed by atoms with Crippen molar-refractivity contribution in [3.8, 4) is 11.3 Å². The molecule has 0 aliphatic carbocycles. The molecule has 1 N–H and O–H groups in total. The van der Waals surface area contributed by atoms with E-state index in [1.54, 1.807) is 0 Å². The molecule has 0 saturated heterocycles. The minimum absolute atomic E-state index is 0.549. The number of nitrogens with one attached hydrogen (secondary N) is 1. The van der Waals surface area contributed by atoms with Crippen LogP contribution in [0, 0.1) is 9.49 Å². The highest BCUT2D eigenvalue weighted by atomic mass is 127. The molecule has 2 aromatic rings. The first-order chi connectivity index (χ1) is 10.1.